The number of nitrogens with one attached hydrogen (secondary N) is 1. The van der Waals surface area contributed by atoms with E-state index in [1.165, 1.54) is 16.7 Å². The first-order valence-corrected chi connectivity index (χ1v) is 6.93. The van der Waals surface area contributed by atoms with Crippen molar-refractivity contribution in [2.45, 2.75) is 53.2 Å². The van der Waals surface area contributed by atoms with E-state index < -0.39 is 0 Å². The average Bonchev–Trinajstić information content (AvgIpc) is 2.31. The number of benzene rings is 1. The molecule has 0 aliphatic rings. The van der Waals surface area contributed by atoms with E-state index in [1.807, 2.05) is 0 Å². The van der Waals surface area contributed by atoms with Gasteiger partial charge in [-0.15, -0.1) is 0 Å². The summed E-state index contributed by atoms with van der Waals surface area (Å²) in [5.74, 6) is 0. The minimum atomic E-state index is 0.335. The lowest BCUT2D eigenvalue weighted by Gasteiger charge is -2.17. The highest BCUT2D eigenvalue weighted by atomic mass is 16.5. The van der Waals surface area contributed by atoms with Gasteiger partial charge in [0.05, 0.1) is 6.10 Å². The van der Waals surface area contributed by atoms with Gasteiger partial charge in [-0.25, -0.2) is 0 Å². The summed E-state index contributed by atoms with van der Waals surface area (Å²) in [7, 11) is 0. The minimum Gasteiger partial charge on any atom is -0.379 e. The molecule has 0 saturated carbocycles. The van der Waals surface area contributed by atoms with Crippen LogP contribution in [-0.4, -0.2) is 19.3 Å². The molecule has 1 N–H and O–H groups in total. The Bertz CT molecular complexity index is 360. The summed E-state index contributed by atoms with van der Waals surface area (Å²) in [6, 6.07) is 7.05. The molecular formula is C16H27NO. The quantitative estimate of drug-likeness (QED) is 0.743. The van der Waals surface area contributed by atoms with Crippen LogP contribution in [0.3, 0.4) is 0 Å². The van der Waals surface area contributed by atoms with Gasteiger partial charge in [0, 0.05) is 12.6 Å². The molecule has 0 fully saturated rings. The Hall–Kier alpha value is -0.860. The van der Waals surface area contributed by atoms with Crippen molar-refractivity contribution in [1.82, 2.24) is 5.32 Å². The molecule has 0 spiro atoms. The summed E-state index contributed by atoms with van der Waals surface area (Å²) in [5.41, 5.74) is 4.09. The first-order valence-electron chi connectivity index (χ1n) is 6.93. The highest BCUT2D eigenvalue weighted by Crippen LogP contribution is 2.18. The SMILES string of the molecule is Cc1ccc(C)c(C(C)NCCCOC(C)C)c1. The van der Waals surface area contributed by atoms with Crippen molar-refractivity contribution in [3.05, 3.63) is 34.9 Å². The molecule has 0 aliphatic carbocycles. The first kappa shape index (κ1) is 15.2. The predicted octanol–water partition coefficient (Wildman–Crippen LogP) is 3.77. The van der Waals surface area contributed by atoms with Gasteiger partial charge in [0.15, 0.2) is 0 Å². The lowest BCUT2D eigenvalue weighted by molar-refractivity contribution is 0.0768. The predicted molar refractivity (Wildman–Crippen MR) is 78.0 cm³/mol. The molecular weight excluding hydrogens is 222 g/mol. The van der Waals surface area contributed by atoms with E-state index in [9.17, 15) is 0 Å². The Morgan fingerprint density at radius 3 is 2.56 bits per heavy atom. The van der Waals surface area contributed by atoms with Crippen molar-refractivity contribution >= 4 is 0 Å². The topological polar surface area (TPSA) is 21.3 Å². The lowest BCUT2D eigenvalue weighted by atomic mass is 10.00. The molecule has 2 nitrogen and oxygen atoms in total. The fraction of sp³-hybridized carbons (Fsp3) is 0.625. The number of ether oxygens (including phenoxy) is 1. The van der Waals surface area contributed by atoms with Gasteiger partial charge in [0.1, 0.15) is 0 Å². The van der Waals surface area contributed by atoms with Gasteiger partial charge in [-0.2, -0.15) is 0 Å². The summed E-state index contributed by atoms with van der Waals surface area (Å²) in [4.78, 5) is 0. The van der Waals surface area contributed by atoms with Crippen LogP contribution in [0.25, 0.3) is 0 Å². The van der Waals surface area contributed by atoms with Crippen molar-refractivity contribution in [1.29, 1.82) is 0 Å². The molecule has 0 saturated heterocycles. The summed E-state index contributed by atoms with van der Waals surface area (Å²) in [5, 5.41) is 3.56. The van der Waals surface area contributed by atoms with Crippen molar-refractivity contribution in [2.24, 2.45) is 0 Å². The van der Waals surface area contributed by atoms with E-state index >= 15 is 0 Å². The Balaban J connectivity index is 2.36. The van der Waals surface area contributed by atoms with Crippen molar-refractivity contribution in [3.63, 3.8) is 0 Å². The van der Waals surface area contributed by atoms with Gasteiger partial charge in [0.2, 0.25) is 0 Å². The highest BCUT2D eigenvalue weighted by Gasteiger charge is 2.07. The lowest BCUT2D eigenvalue weighted by Crippen LogP contribution is -2.22. The van der Waals surface area contributed by atoms with Crippen LogP contribution in [0.4, 0.5) is 0 Å². The molecule has 2 heteroatoms. The van der Waals surface area contributed by atoms with Crippen LogP contribution >= 0.6 is 0 Å². The molecule has 1 atom stereocenters. The molecule has 0 amide bonds. The normalized spacial score (nSPS) is 13.0. The maximum Gasteiger partial charge on any atom is 0.0518 e. The zero-order valence-corrected chi connectivity index (χ0v) is 12.4. The Morgan fingerprint density at radius 2 is 1.89 bits per heavy atom. The van der Waals surface area contributed by atoms with E-state index in [-0.39, 0.29) is 0 Å². The molecule has 1 aromatic carbocycles. The summed E-state index contributed by atoms with van der Waals surface area (Å²) in [6.45, 7) is 12.5. The zero-order valence-electron chi connectivity index (χ0n) is 12.4. The fourth-order valence-electron chi connectivity index (χ4n) is 2.05. The van der Waals surface area contributed by atoms with Crippen LogP contribution in [-0.2, 0) is 4.74 Å². The Morgan fingerprint density at radius 1 is 1.17 bits per heavy atom. The zero-order chi connectivity index (χ0) is 13.5. The van der Waals surface area contributed by atoms with E-state index in [0.717, 1.165) is 19.6 Å². The number of aryl methyl sites for hydroxylation is 2. The second kappa shape index (κ2) is 7.55. The van der Waals surface area contributed by atoms with Crippen LogP contribution in [0, 0.1) is 13.8 Å². The van der Waals surface area contributed by atoms with Crippen molar-refractivity contribution in [2.75, 3.05) is 13.2 Å². The Labute approximate surface area is 112 Å². The molecule has 0 aliphatic heterocycles. The standard InChI is InChI=1S/C16H27NO/c1-12(2)18-10-6-9-17-15(5)16-11-13(3)7-8-14(16)4/h7-8,11-12,15,17H,6,9-10H2,1-5H3. The maximum atomic E-state index is 5.53. The molecule has 1 rings (SSSR count). The molecule has 0 bridgehead atoms. The molecule has 0 radical (unpaired) electrons. The van der Waals surface area contributed by atoms with E-state index in [2.05, 4.69) is 58.1 Å². The third-order valence-corrected chi connectivity index (χ3v) is 3.12. The number of rotatable bonds is 7. The van der Waals surface area contributed by atoms with Gasteiger partial charge in [-0.3, -0.25) is 0 Å². The van der Waals surface area contributed by atoms with Crippen molar-refractivity contribution in [3.8, 4) is 0 Å². The van der Waals surface area contributed by atoms with Gasteiger partial charge in [0.25, 0.3) is 0 Å². The number of hydrogen-bond acceptors (Lipinski definition) is 2. The average molecular weight is 249 g/mol. The van der Waals surface area contributed by atoms with Gasteiger partial charge >= 0.3 is 0 Å². The maximum absolute atomic E-state index is 5.53. The van der Waals surface area contributed by atoms with Gasteiger partial charge in [-0.1, -0.05) is 23.8 Å². The first-order chi connectivity index (χ1) is 8.50. The highest BCUT2D eigenvalue weighted by molar-refractivity contribution is 5.32. The monoisotopic (exact) mass is 249 g/mol. The van der Waals surface area contributed by atoms with Crippen LogP contribution in [0.1, 0.15) is 49.9 Å². The summed E-state index contributed by atoms with van der Waals surface area (Å²) >= 11 is 0. The fourth-order valence-corrected chi connectivity index (χ4v) is 2.05. The molecule has 102 valence electrons. The van der Waals surface area contributed by atoms with Crippen LogP contribution < -0.4 is 5.32 Å². The third kappa shape index (κ3) is 5.19. The molecule has 0 aromatic heterocycles. The van der Waals surface area contributed by atoms with Crippen LogP contribution in [0.5, 0.6) is 0 Å². The van der Waals surface area contributed by atoms with E-state index in [1.54, 1.807) is 0 Å². The summed E-state index contributed by atoms with van der Waals surface area (Å²) < 4.78 is 5.53. The van der Waals surface area contributed by atoms with Crippen LogP contribution in [0.15, 0.2) is 18.2 Å². The largest absolute Gasteiger partial charge is 0.379 e. The van der Waals surface area contributed by atoms with Crippen LogP contribution in [0.2, 0.25) is 0 Å². The minimum absolute atomic E-state index is 0.335. The van der Waals surface area contributed by atoms with Crippen molar-refractivity contribution < 1.29 is 4.74 Å². The van der Waals surface area contributed by atoms with Gasteiger partial charge in [-0.05, 0) is 58.7 Å². The summed E-state index contributed by atoms with van der Waals surface area (Å²) in [6.07, 6.45) is 1.40. The van der Waals surface area contributed by atoms with E-state index in [4.69, 9.17) is 4.74 Å². The molecule has 1 aromatic rings. The van der Waals surface area contributed by atoms with E-state index in [0.29, 0.717) is 12.1 Å². The Kier molecular flexibility index (Phi) is 6.37. The second-order valence-corrected chi connectivity index (χ2v) is 5.31. The second-order valence-electron chi connectivity index (χ2n) is 5.31. The van der Waals surface area contributed by atoms with Gasteiger partial charge < -0.3 is 10.1 Å². The molecule has 18 heavy (non-hydrogen) atoms. The smallest absolute Gasteiger partial charge is 0.0518 e. The number of hydrogen-bond donors (Lipinski definition) is 1. The third-order valence-electron chi connectivity index (χ3n) is 3.12. The molecule has 1 unspecified atom stereocenters. The molecule has 0 heterocycles.